The van der Waals surface area contributed by atoms with Gasteiger partial charge in [-0.25, -0.2) is 0 Å². The van der Waals surface area contributed by atoms with Crippen LogP contribution in [0.25, 0.3) is 0 Å². The second-order valence-electron chi connectivity index (χ2n) is 7.79. The molecule has 1 aliphatic rings. The average Bonchev–Trinajstić information content (AvgIpc) is 3.00. The molecule has 136 valence electrons. The molecule has 24 heavy (non-hydrogen) atoms. The molecule has 4 nitrogen and oxygen atoms in total. The quantitative estimate of drug-likeness (QED) is 0.795. The molecule has 1 heterocycles. The molecule has 2 atom stereocenters. The van der Waals surface area contributed by atoms with E-state index in [4.69, 9.17) is 8.92 Å². The summed E-state index contributed by atoms with van der Waals surface area (Å²) in [6.45, 7) is 8.51. The van der Waals surface area contributed by atoms with Gasteiger partial charge in [0.1, 0.15) is 12.6 Å². The summed E-state index contributed by atoms with van der Waals surface area (Å²) < 4.78 is 11.8. The molecule has 1 fully saturated rings. The van der Waals surface area contributed by atoms with E-state index in [0.29, 0.717) is 19.1 Å². The van der Waals surface area contributed by atoms with E-state index in [1.165, 1.54) is 0 Å². The fraction of sp³-hybridized carbons (Fsp3) is 0.632. The van der Waals surface area contributed by atoms with Crippen molar-refractivity contribution >= 4 is 16.3 Å². The average molecular weight is 354 g/mol. The maximum absolute atomic E-state index is 12.2. The first kappa shape index (κ1) is 19.3. The van der Waals surface area contributed by atoms with Crippen LogP contribution in [0, 0.1) is 5.92 Å². The minimum Gasteiger partial charge on any atom is -0.460 e. The third kappa shape index (κ3) is 5.23. The van der Waals surface area contributed by atoms with Crippen molar-refractivity contribution < 1.29 is 13.7 Å². The predicted octanol–water partition coefficient (Wildman–Crippen LogP) is 3.50. The van der Waals surface area contributed by atoms with Crippen molar-refractivity contribution in [2.45, 2.75) is 44.6 Å². The monoisotopic (exact) mass is 353 g/mol. The van der Waals surface area contributed by atoms with E-state index in [9.17, 15) is 4.79 Å². The fourth-order valence-electron chi connectivity index (χ4n) is 2.39. The number of ether oxygens (including phenoxy) is 1. The topological polar surface area (TPSA) is 47.6 Å². The Morgan fingerprint density at radius 3 is 2.54 bits per heavy atom. The zero-order valence-corrected chi connectivity index (χ0v) is 16.3. The van der Waals surface area contributed by atoms with Crippen LogP contribution in [0.1, 0.15) is 32.8 Å². The molecule has 0 aliphatic carbocycles. The van der Waals surface area contributed by atoms with Gasteiger partial charge in [-0.1, -0.05) is 51.1 Å². The predicted molar refractivity (Wildman–Crippen MR) is 101 cm³/mol. The van der Waals surface area contributed by atoms with Crippen LogP contribution < -0.4 is 5.32 Å². The maximum atomic E-state index is 12.2. The van der Waals surface area contributed by atoms with Gasteiger partial charge in [-0.2, -0.15) is 0 Å². The molecule has 0 bridgehead atoms. The second-order valence-corrected chi connectivity index (χ2v) is 11.7. The molecule has 0 radical (unpaired) electrons. The molecule has 0 saturated carbocycles. The minimum atomic E-state index is -1.11. The highest BCUT2D eigenvalue weighted by Crippen LogP contribution is 2.54. The molecule has 1 aliphatic heterocycles. The SMILES string of the molecule is CC(C)(C)S(C)(C)OCC1CNC(C(=O)OCc2ccccc2)C1. The third-order valence-corrected chi connectivity index (χ3v) is 8.48. The van der Waals surface area contributed by atoms with Crippen LogP contribution in [-0.2, 0) is 20.3 Å². The van der Waals surface area contributed by atoms with Crippen LogP contribution in [0.3, 0.4) is 0 Å². The number of esters is 1. The number of benzene rings is 1. The van der Waals surface area contributed by atoms with Gasteiger partial charge in [0.05, 0.1) is 6.61 Å². The van der Waals surface area contributed by atoms with E-state index >= 15 is 0 Å². The summed E-state index contributed by atoms with van der Waals surface area (Å²) in [6, 6.07) is 9.56. The summed E-state index contributed by atoms with van der Waals surface area (Å²) in [4.78, 5) is 12.2. The minimum absolute atomic E-state index is 0.160. The van der Waals surface area contributed by atoms with E-state index < -0.39 is 10.3 Å². The summed E-state index contributed by atoms with van der Waals surface area (Å²) in [6.07, 6.45) is 5.20. The standard InChI is InChI=1S/C19H31NO3S/c1-19(2,3)24(4,5)23-14-16-11-17(20-12-16)18(21)22-13-15-9-7-6-8-10-15/h6-10,16-17,20H,11-14H2,1-5H3. The van der Waals surface area contributed by atoms with Crippen LogP contribution >= 0.6 is 10.3 Å². The number of carbonyl (C=O) groups is 1. The maximum Gasteiger partial charge on any atom is 0.323 e. The first-order valence-electron chi connectivity index (χ1n) is 8.50. The third-order valence-electron chi connectivity index (χ3n) is 4.80. The van der Waals surface area contributed by atoms with E-state index in [2.05, 4.69) is 38.6 Å². The fourth-order valence-corrected chi connectivity index (χ4v) is 3.27. The number of hydrogen-bond acceptors (Lipinski definition) is 4. The lowest BCUT2D eigenvalue weighted by Crippen LogP contribution is -2.32. The van der Waals surface area contributed by atoms with Gasteiger partial charge in [0.15, 0.2) is 0 Å². The molecule has 1 N–H and O–H groups in total. The first-order valence-corrected chi connectivity index (χ1v) is 10.9. The van der Waals surface area contributed by atoms with Gasteiger partial charge in [-0.3, -0.25) is 4.79 Å². The number of nitrogens with one attached hydrogen (secondary N) is 1. The number of hydrogen-bond donors (Lipinski definition) is 1. The number of rotatable bonds is 6. The van der Waals surface area contributed by atoms with Crippen LogP contribution in [-0.4, -0.2) is 42.4 Å². The van der Waals surface area contributed by atoms with Gasteiger partial charge in [0.25, 0.3) is 0 Å². The highest BCUT2D eigenvalue weighted by atomic mass is 32.3. The van der Waals surface area contributed by atoms with Gasteiger partial charge in [0.2, 0.25) is 0 Å². The zero-order valence-electron chi connectivity index (χ0n) is 15.5. The Balaban J connectivity index is 1.75. The van der Waals surface area contributed by atoms with Crippen molar-refractivity contribution in [3.05, 3.63) is 35.9 Å². The van der Waals surface area contributed by atoms with Crippen molar-refractivity contribution in [3.63, 3.8) is 0 Å². The van der Waals surface area contributed by atoms with E-state index in [0.717, 1.165) is 18.5 Å². The molecule has 2 unspecified atom stereocenters. The molecule has 1 aromatic rings. The van der Waals surface area contributed by atoms with E-state index in [1.807, 2.05) is 30.3 Å². The van der Waals surface area contributed by atoms with Gasteiger partial charge in [-0.05, 0) is 30.4 Å². The van der Waals surface area contributed by atoms with Crippen LogP contribution in [0.2, 0.25) is 0 Å². The Labute approximate surface area is 147 Å². The highest BCUT2D eigenvalue weighted by molar-refractivity contribution is 8.29. The summed E-state index contributed by atoms with van der Waals surface area (Å²) in [5, 5.41) is 3.27. The Kier molecular flexibility index (Phi) is 6.34. The normalized spacial score (nSPS) is 22.4. The summed E-state index contributed by atoms with van der Waals surface area (Å²) in [5.74, 6) is 0.206. The molecular formula is C19H31NO3S. The summed E-state index contributed by atoms with van der Waals surface area (Å²) in [7, 11) is -1.11. The molecule has 0 aromatic heterocycles. The van der Waals surface area contributed by atoms with Crippen LogP contribution in [0.4, 0.5) is 0 Å². The summed E-state index contributed by atoms with van der Waals surface area (Å²) >= 11 is 0. The van der Waals surface area contributed by atoms with Crippen molar-refractivity contribution in [1.29, 1.82) is 0 Å². The zero-order chi connectivity index (χ0) is 17.8. The van der Waals surface area contributed by atoms with Gasteiger partial charge >= 0.3 is 5.97 Å². The van der Waals surface area contributed by atoms with Crippen LogP contribution in [0.15, 0.2) is 30.3 Å². The number of carbonyl (C=O) groups excluding carboxylic acids is 1. The first-order chi connectivity index (χ1) is 11.2. The molecular weight excluding hydrogens is 322 g/mol. The highest BCUT2D eigenvalue weighted by Gasteiger charge is 2.34. The van der Waals surface area contributed by atoms with Crippen molar-refractivity contribution in [2.75, 3.05) is 25.7 Å². The Hall–Kier alpha value is -1.04. The smallest absolute Gasteiger partial charge is 0.323 e. The molecule has 1 aromatic carbocycles. The van der Waals surface area contributed by atoms with Gasteiger partial charge in [0, 0.05) is 11.3 Å². The lowest BCUT2D eigenvalue weighted by Gasteiger charge is -2.44. The molecule has 2 rings (SSSR count). The lowest BCUT2D eigenvalue weighted by atomic mass is 10.1. The largest absolute Gasteiger partial charge is 0.460 e. The Bertz CT molecular complexity index is 539. The molecule has 1 saturated heterocycles. The second kappa shape index (κ2) is 7.89. The summed E-state index contributed by atoms with van der Waals surface area (Å²) in [5.41, 5.74) is 1.01. The molecule has 0 spiro atoms. The Morgan fingerprint density at radius 2 is 1.92 bits per heavy atom. The van der Waals surface area contributed by atoms with Crippen molar-refractivity contribution in [1.82, 2.24) is 5.32 Å². The van der Waals surface area contributed by atoms with Crippen molar-refractivity contribution in [3.8, 4) is 0 Å². The Morgan fingerprint density at radius 1 is 1.25 bits per heavy atom. The van der Waals surface area contributed by atoms with E-state index in [-0.39, 0.29) is 16.8 Å². The van der Waals surface area contributed by atoms with Crippen LogP contribution in [0.5, 0.6) is 0 Å². The van der Waals surface area contributed by atoms with Crippen molar-refractivity contribution in [2.24, 2.45) is 5.92 Å². The van der Waals surface area contributed by atoms with Gasteiger partial charge < -0.3 is 14.2 Å². The van der Waals surface area contributed by atoms with Gasteiger partial charge in [-0.15, -0.1) is 10.3 Å². The van der Waals surface area contributed by atoms with E-state index in [1.54, 1.807) is 0 Å². The molecule has 5 heteroatoms. The lowest BCUT2D eigenvalue weighted by molar-refractivity contribution is -0.147. The molecule has 0 amide bonds.